The predicted octanol–water partition coefficient (Wildman–Crippen LogP) is 9.78. The van der Waals surface area contributed by atoms with Gasteiger partial charge in [0.2, 0.25) is 0 Å². The molecule has 47 heavy (non-hydrogen) atoms. The van der Waals surface area contributed by atoms with Gasteiger partial charge in [0.25, 0.3) is 0 Å². The van der Waals surface area contributed by atoms with Crippen LogP contribution >= 0.6 is 0 Å². The van der Waals surface area contributed by atoms with Gasteiger partial charge in [-0.15, -0.1) is 0 Å². The summed E-state index contributed by atoms with van der Waals surface area (Å²) >= 11 is 0. The Morgan fingerprint density at radius 2 is 1.13 bits per heavy atom. The van der Waals surface area contributed by atoms with Gasteiger partial charge in [0.15, 0.2) is 0 Å². The van der Waals surface area contributed by atoms with E-state index in [-0.39, 0.29) is 0 Å². The van der Waals surface area contributed by atoms with Gasteiger partial charge in [-0.3, -0.25) is 9.38 Å². The topological polar surface area (TPSA) is 52.9 Å². The molecule has 0 aliphatic carbocycles. The number of para-hydroxylation sites is 3. The Morgan fingerprint density at radius 1 is 0.447 bits per heavy atom. The van der Waals surface area contributed by atoms with Crippen LogP contribution in [0.3, 0.4) is 0 Å². The summed E-state index contributed by atoms with van der Waals surface area (Å²) in [7, 11) is 0. The molecule has 11 rings (SSSR count). The molecule has 0 radical (unpaired) electrons. The van der Waals surface area contributed by atoms with Crippen LogP contribution in [0.2, 0.25) is 0 Å². The minimum absolute atomic E-state index is 0.870. The van der Waals surface area contributed by atoms with E-state index in [4.69, 9.17) is 9.97 Å². The molecule has 11 aromatic rings. The maximum absolute atomic E-state index is 5.14. The number of fused-ring (bicyclic) bond motifs is 15. The second-order valence-electron chi connectivity index (χ2n) is 12.1. The van der Waals surface area contributed by atoms with Crippen molar-refractivity contribution in [2.24, 2.45) is 0 Å². The van der Waals surface area contributed by atoms with E-state index in [2.05, 4.69) is 134 Å². The number of aromatic nitrogens is 6. The number of hydrogen-bond donors (Lipinski definition) is 0. The Labute approximate surface area is 267 Å². The van der Waals surface area contributed by atoms with E-state index in [1.54, 1.807) is 6.20 Å². The summed E-state index contributed by atoms with van der Waals surface area (Å²) in [6, 6.07) is 45.6. The van der Waals surface area contributed by atoms with Gasteiger partial charge in [0.05, 0.1) is 39.3 Å². The lowest BCUT2D eigenvalue weighted by Gasteiger charge is -2.13. The van der Waals surface area contributed by atoms with E-state index >= 15 is 0 Å². The fourth-order valence-corrected chi connectivity index (χ4v) is 7.81. The van der Waals surface area contributed by atoms with Gasteiger partial charge in [-0.05, 0) is 66.7 Å². The largest absolute Gasteiger partial charge is 0.309 e. The van der Waals surface area contributed by atoms with Crippen molar-refractivity contribution in [3.63, 3.8) is 0 Å². The van der Waals surface area contributed by atoms with E-state index in [1.165, 1.54) is 32.6 Å². The molecule has 0 amide bonds. The molecule has 0 aliphatic rings. The number of nitrogens with zero attached hydrogens (tertiary/aromatic N) is 6. The molecule has 6 aromatic heterocycles. The highest BCUT2D eigenvalue weighted by Gasteiger charge is 2.23. The lowest BCUT2D eigenvalue weighted by Crippen LogP contribution is -1.98. The van der Waals surface area contributed by atoms with E-state index in [9.17, 15) is 0 Å². The van der Waals surface area contributed by atoms with Crippen molar-refractivity contribution in [3.8, 4) is 11.4 Å². The molecule has 0 N–H and O–H groups in total. The molecule has 0 aliphatic heterocycles. The number of pyridine rings is 3. The molecule has 6 nitrogen and oxygen atoms in total. The van der Waals surface area contributed by atoms with Crippen molar-refractivity contribution in [2.45, 2.75) is 0 Å². The van der Waals surface area contributed by atoms with Gasteiger partial charge in [0.1, 0.15) is 11.3 Å². The zero-order valence-electron chi connectivity index (χ0n) is 25.0. The van der Waals surface area contributed by atoms with E-state index in [0.717, 1.165) is 60.9 Å². The second kappa shape index (κ2) is 9.02. The Hall–Kier alpha value is -6.53. The Kier molecular flexibility index (Phi) is 4.75. The van der Waals surface area contributed by atoms with Crippen molar-refractivity contribution >= 4 is 82.1 Å². The van der Waals surface area contributed by atoms with Crippen LogP contribution in [0.1, 0.15) is 0 Å². The molecule has 0 atom stereocenters. The van der Waals surface area contributed by atoms with Crippen molar-refractivity contribution in [1.82, 2.24) is 28.5 Å². The van der Waals surface area contributed by atoms with Crippen molar-refractivity contribution in [3.05, 3.63) is 146 Å². The first-order valence-corrected chi connectivity index (χ1v) is 15.8. The molecule has 6 heterocycles. The highest BCUT2D eigenvalue weighted by molar-refractivity contribution is 6.29. The predicted molar refractivity (Wildman–Crippen MR) is 192 cm³/mol. The minimum atomic E-state index is 0.870. The number of hydrogen-bond acceptors (Lipinski definition) is 3. The van der Waals surface area contributed by atoms with Crippen LogP contribution in [0, 0.1) is 0 Å². The SMILES string of the molecule is c1ccc(-n2c3ccccc3c3cc4c5ccc6c(c7cccnc7n7c8cnccc8nc67)c5n(-c5ccccc5)c4cc32)cc1. The molecule has 218 valence electrons. The Balaban J connectivity index is 1.41. The van der Waals surface area contributed by atoms with Crippen LogP contribution < -0.4 is 0 Å². The monoisotopic (exact) mass is 600 g/mol. The lowest BCUT2D eigenvalue weighted by atomic mass is 10.0. The summed E-state index contributed by atoms with van der Waals surface area (Å²) in [5.74, 6) is 0. The van der Waals surface area contributed by atoms with Crippen LogP contribution in [0.25, 0.3) is 93.5 Å². The summed E-state index contributed by atoms with van der Waals surface area (Å²) in [5, 5.41) is 8.18. The lowest BCUT2D eigenvalue weighted by molar-refractivity contribution is 1.17. The molecular weight excluding hydrogens is 576 g/mol. The summed E-state index contributed by atoms with van der Waals surface area (Å²) in [4.78, 5) is 14.5. The van der Waals surface area contributed by atoms with Crippen LogP contribution in [0.5, 0.6) is 0 Å². The minimum Gasteiger partial charge on any atom is -0.309 e. The molecule has 0 fully saturated rings. The van der Waals surface area contributed by atoms with Gasteiger partial charge < -0.3 is 9.13 Å². The van der Waals surface area contributed by atoms with Crippen molar-refractivity contribution in [1.29, 1.82) is 0 Å². The van der Waals surface area contributed by atoms with Gasteiger partial charge in [-0.1, -0.05) is 60.7 Å². The zero-order valence-corrected chi connectivity index (χ0v) is 25.0. The van der Waals surface area contributed by atoms with Crippen molar-refractivity contribution in [2.75, 3.05) is 0 Å². The highest BCUT2D eigenvalue weighted by atomic mass is 15.1. The molecule has 5 aromatic carbocycles. The summed E-state index contributed by atoms with van der Waals surface area (Å²) < 4.78 is 6.99. The average Bonchev–Trinajstić information content (AvgIpc) is 3.79. The molecule has 0 bridgehead atoms. The molecule has 6 heteroatoms. The third-order valence-electron chi connectivity index (χ3n) is 9.72. The first-order chi connectivity index (χ1) is 23.3. The number of benzene rings is 5. The van der Waals surface area contributed by atoms with E-state index in [1.807, 2.05) is 24.5 Å². The first-order valence-electron chi connectivity index (χ1n) is 15.8. The van der Waals surface area contributed by atoms with Crippen LogP contribution in [0.15, 0.2) is 146 Å². The van der Waals surface area contributed by atoms with Crippen molar-refractivity contribution < 1.29 is 0 Å². The molecule has 0 saturated carbocycles. The Morgan fingerprint density at radius 3 is 1.98 bits per heavy atom. The average molecular weight is 601 g/mol. The molecule has 0 saturated heterocycles. The summed E-state index contributed by atoms with van der Waals surface area (Å²) in [5.41, 5.74) is 10.5. The second-order valence-corrected chi connectivity index (χ2v) is 12.1. The van der Waals surface area contributed by atoms with Gasteiger partial charge in [-0.2, -0.15) is 0 Å². The number of rotatable bonds is 2. The molecular formula is C41H24N6. The zero-order chi connectivity index (χ0) is 30.6. The van der Waals surface area contributed by atoms with Crippen LogP contribution in [-0.2, 0) is 0 Å². The Bertz CT molecular complexity index is 3060. The van der Waals surface area contributed by atoms with Gasteiger partial charge in [0, 0.05) is 61.5 Å². The maximum Gasteiger partial charge on any atom is 0.147 e. The van der Waals surface area contributed by atoms with Gasteiger partial charge in [-0.25, -0.2) is 9.97 Å². The quantitative estimate of drug-likeness (QED) is 0.186. The third kappa shape index (κ3) is 3.21. The fraction of sp³-hybridized carbons (Fsp3) is 0. The summed E-state index contributed by atoms with van der Waals surface area (Å²) in [6.45, 7) is 0. The summed E-state index contributed by atoms with van der Waals surface area (Å²) in [6.07, 6.45) is 5.55. The first kappa shape index (κ1) is 24.8. The third-order valence-corrected chi connectivity index (χ3v) is 9.72. The van der Waals surface area contributed by atoms with E-state index in [0.29, 0.717) is 0 Å². The number of imidazole rings is 1. The van der Waals surface area contributed by atoms with E-state index < -0.39 is 0 Å². The normalized spacial score (nSPS) is 12.3. The smallest absolute Gasteiger partial charge is 0.147 e. The standard InChI is InChI=1S/C41H24N6/c1-3-10-25(11-4-1)45-34-16-8-7-14-27(34)31-22-32-28-17-18-30-38(39(28)46(36(32)23-35(31)45)26-12-5-2-6-13-26)29-15-9-20-43-40(29)47-37-24-42-21-19-33(37)44-41(30)47/h1-24H. The maximum atomic E-state index is 5.14. The molecule has 0 unspecified atom stereocenters. The highest BCUT2D eigenvalue weighted by Crippen LogP contribution is 2.44. The van der Waals surface area contributed by atoms with Gasteiger partial charge >= 0.3 is 0 Å². The fourth-order valence-electron chi connectivity index (χ4n) is 7.81. The molecule has 0 spiro atoms. The van der Waals surface area contributed by atoms with Crippen LogP contribution in [-0.4, -0.2) is 28.5 Å². The van der Waals surface area contributed by atoms with Crippen LogP contribution in [0.4, 0.5) is 0 Å².